The fourth-order valence-electron chi connectivity index (χ4n) is 2.47. The highest BCUT2D eigenvalue weighted by molar-refractivity contribution is 6.31. The third-order valence-electron chi connectivity index (χ3n) is 3.48. The van der Waals surface area contributed by atoms with Crippen LogP contribution >= 0.6 is 11.6 Å². The molecular formula is C14H20ClN3. The van der Waals surface area contributed by atoms with Gasteiger partial charge in [0.05, 0.1) is 5.71 Å². The van der Waals surface area contributed by atoms with Gasteiger partial charge in [0.15, 0.2) is 0 Å². The average Bonchev–Trinajstić information content (AvgIpc) is 2.41. The van der Waals surface area contributed by atoms with Gasteiger partial charge in [0.2, 0.25) is 0 Å². The van der Waals surface area contributed by atoms with Gasteiger partial charge in [-0.05, 0) is 31.0 Å². The van der Waals surface area contributed by atoms with Crippen LogP contribution in [0.15, 0.2) is 18.2 Å². The fraction of sp³-hybridized carbons (Fsp3) is 0.500. The Morgan fingerprint density at radius 3 is 2.72 bits per heavy atom. The van der Waals surface area contributed by atoms with Crippen LogP contribution in [0.3, 0.4) is 0 Å². The van der Waals surface area contributed by atoms with Crippen LogP contribution in [0.2, 0.25) is 5.02 Å². The van der Waals surface area contributed by atoms with E-state index >= 15 is 0 Å². The van der Waals surface area contributed by atoms with E-state index in [0.717, 1.165) is 11.3 Å². The summed E-state index contributed by atoms with van der Waals surface area (Å²) in [6, 6.07) is 6.16. The predicted molar refractivity (Wildman–Crippen MR) is 77.8 cm³/mol. The second-order valence-electron chi connectivity index (χ2n) is 4.85. The first-order chi connectivity index (χ1) is 8.70. The monoisotopic (exact) mass is 265 g/mol. The van der Waals surface area contributed by atoms with Crippen LogP contribution in [0.1, 0.15) is 37.7 Å². The predicted octanol–water partition coefficient (Wildman–Crippen LogP) is 3.41. The maximum atomic E-state index is 7.91. The van der Waals surface area contributed by atoms with Crippen molar-refractivity contribution >= 4 is 23.0 Å². The quantitative estimate of drug-likeness (QED) is 0.731. The van der Waals surface area contributed by atoms with E-state index < -0.39 is 0 Å². The Hall–Kier alpha value is -1.06. The zero-order chi connectivity index (χ0) is 13.0. The molecule has 1 saturated carbocycles. The Morgan fingerprint density at radius 1 is 1.33 bits per heavy atom. The highest BCUT2D eigenvalue weighted by atomic mass is 35.5. The number of hydrogen-bond donors (Lipinski definition) is 3. The van der Waals surface area contributed by atoms with Crippen LogP contribution in [-0.2, 0) is 0 Å². The molecule has 0 saturated heterocycles. The van der Waals surface area contributed by atoms with Gasteiger partial charge in [-0.1, -0.05) is 30.9 Å². The van der Waals surface area contributed by atoms with E-state index in [-0.39, 0.29) is 6.54 Å². The molecule has 0 heterocycles. The summed E-state index contributed by atoms with van der Waals surface area (Å²) < 4.78 is 0. The minimum absolute atomic E-state index is 0.236. The van der Waals surface area contributed by atoms with Crippen molar-refractivity contribution in [1.82, 2.24) is 0 Å². The number of nitrogens with two attached hydrogens (primary N) is 1. The summed E-state index contributed by atoms with van der Waals surface area (Å²) in [5.41, 5.74) is 7.80. The first kappa shape index (κ1) is 13.4. The molecule has 18 heavy (non-hydrogen) atoms. The molecule has 2 rings (SSSR count). The molecule has 1 aromatic rings. The number of halogens is 1. The molecule has 1 fully saturated rings. The molecule has 0 atom stereocenters. The van der Waals surface area contributed by atoms with Crippen molar-refractivity contribution in [2.24, 2.45) is 5.73 Å². The van der Waals surface area contributed by atoms with Crippen LogP contribution < -0.4 is 11.1 Å². The molecule has 4 heteroatoms. The van der Waals surface area contributed by atoms with Gasteiger partial charge in [0.1, 0.15) is 0 Å². The molecule has 0 aromatic heterocycles. The summed E-state index contributed by atoms with van der Waals surface area (Å²) in [4.78, 5) is 0. The molecular weight excluding hydrogens is 246 g/mol. The molecule has 1 aliphatic rings. The fourth-order valence-corrected chi connectivity index (χ4v) is 2.64. The van der Waals surface area contributed by atoms with E-state index in [2.05, 4.69) is 5.32 Å². The number of nitrogens with one attached hydrogen (secondary N) is 2. The van der Waals surface area contributed by atoms with E-state index in [9.17, 15) is 0 Å². The van der Waals surface area contributed by atoms with E-state index in [0.29, 0.717) is 16.8 Å². The van der Waals surface area contributed by atoms with Crippen molar-refractivity contribution in [1.29, 1.82) is 5.41 Å². The molecule has 0 unspecified atom stereocenters. The van der Waals surface area contributed by atoms with Gasteiger partial charge >= 0.3 is 0 Å². The normalized spacial score (nSPS) is 16.6. The Kier molecular flexibility index (Phi) is 4.61. The van der Waals surface area contributed by atoms with E-state index in [1.165, 1.54) is 32.1 Å². The largest absolute Gasteiger partial charge is 0.382 e. The molecule has 4 N–H and O–H groups in total. The molecule has 0 bridgehead atoms. The van der Waals surface area contributed by atoms with Crippen molar-refractivity contribution in [2.75, 3.05) is 11.9 Å². The first-order valence-electron chi connectivity index (χ1n) is 6.54. The molecule has 0 amide bonds. The number of anilines is 1. The summed E-state index contributed by atoms with van der Waals surface area (Å²) in [5.74, 6) is 0. The lowest BCUT2D eigenvalue weighted by atomic mass is 9.95. The second kappa shape index (κ2) is 6.21. The molecule has 98 valence electrons. The lowest BCUT2D eigenvalue weighted by Gasteiger charge is -2.25. The van der Waals surface area contributed by atoms with Crippen LogP contribution in [0.4, 0.5) is 5.69 Å². The Labute approximate surface area is 113 Å². The molecule has 0 spiro atoms. The average molecular weight is 266 g/mol. The van der Waals surface area contributed by atoms with E-state index in [1.54, 1.807) is 0 Å². The minimum Gasteiger partial charge on any atom is -0.382 e. The SMILES string of the molecule is N=C(CN)c1cc(Cl)ccc1NC1CCCCC1. The molecule has 0 radical (unpaired) electrons. The molecule has 1 aliphatic carbocycles. The standard InChI is InChI=1S/C14H20ClN3/c15-10-6-7-14(12(8-10)13(17)9-16)18-11-4-2-1-3-5-11/h6-8,11,17-18H,1-5,9,16H2. The molecule has 1 aromatic carbocycles. The highest BCUT2D eigenvalue weighted by Gasteiger charge is 2.15. The maximum Gasteiger partial charge on any atom is 0.0543 e. The van der Waals surface area contributed by atoms with Gasteiger partial charge in [-0.2, -0.15) is 0 Å². The van der Waals surface area contributed by atoms with Gasteiger partial charge in [-0.3, -0.25) is 0 Å². The zero-order valence-corrected chi connectivity index (χ0v) is 11.3. The minimum atomic E-state index is 0.236. The van der Waals surface area contributed by atoms with Crippen LogP contribution in [0.25, 0.3) is 0 Å². The smallest absolute Gasteiger partial charge is 0.0543 e. The van der Waals surface area contributed by atoms with Gasteiger partial charge in [0, 0.05) is 28.9 Å². The molecule has 3 nitrogen and oxygen atoms in total. The van der Waals surface area contributed by atoms with Gasteiger partial charge < -0.3 is 16.5 Å². The van der Waals surface area contributed by atoms with E-state index in [1.807, 2.05) is 18.2 Å². The Bertz CT molecular complexity index is 425. The lowest BCUT2D eigenvalue weighted by Crippen LogP contribution is -2.24. The summed E-state index contributed by atoms with van der Waals surface area (Å²) >= 11 is 6.00. The molecule has 0 aliphatic heterocycles. The summed E-state index contributed by atoms with van der Waals surface area (Å²) in [5, 5.41) is 12.1. The van der Waals surface area contributed by atoms with Crippen LogP contribution in [0.5, 0.6) is 0 Å². The first-order valence-corrected chi connectivity index (χ1v) is 6.92. The summed E-state index contributed by atoms with van der Waals surface area (Å²) in [7, 11) is 0. The zero-order valence-electron chi connectivity index (χ0n) is 10.5. The number of rotatable bonds is 4. The second-order valence-corrected chi connectivity index (χ2v) is 5.29. The third kappa shape index (κ3) is 3.24. The third-order valence-corrected chi connectivity index (χ3v) is 3.71. The van der Waals surface area contributed by atoms with Gasteiger partial charge in [-0.25, -0.2) is 0 Å². The van der Waals surface area contributed by atoms with Crippen molar-refractivity contribution < 1.29 is 0 Å². The van der Waals surface area contributed by atoms with Crippen LogP contribution in [-0.4, -0.2) is 18.3 Å². The van der Waals surface area contributed by atoms with Crippen LogP contribution in [0, 0.1) is 5.41 Å². The maximum absolute atomic E-state index is 7.91. The van der Waals surface area contributed by atoms with Crippen molar-refractivity contribution in [3.63, 3.8) is 0 Å². The van der Waals surface area contributed by atoms with Crippen molar-refractivity contribution in [2.45, 2.75) is 38.1 Å². The topological polar surface area (TPSA) is 61.9 Å². The number of benzene rings is 1. The van der Waals surface area contributed by atoms with Crippen molar-refractivity contribution in [3.05, 3.63) is 28.8 Å². The van der Waals surface area contributed by atoms with E-state index in [4.69, 9.17) is 22.7 Å². The van der Waals surface area contributed by atoms with Crippen molar-refractivity contribution in [3.8, 4) is 0 Å². The lowest BCUT2D eigenvalue weighted by molar-refractivity contribution is 0.462. The van der Waals surface area contributed by atoms with Gasteiger partial charge in [-0.15, -0.1) is 0 Å². The highest BCUT2D eigenvalue weighted by Crippen LogP contribution is 2.26. The summed E-state index contributed by atoms with van der Waals surface area (Å²) in [6.45, 7) is 0.236. The summed E-state index contributed by atoms with van der Waals surface area (Å²) in [6.07, 6.45) is 6.32. The Morgan fingerprint density at radius 2 is 2.06 bits per heavy atom. The number of hydrogen-bond acceptors (Lipinski definition) is 3. The Balaban J connectivity index is 2.17. The van der Waals surface area contributed by atoms with Gasteiger partial charge in [0.25, 0.3) is 0 Å².